The third-order valence-corrected chi connectivity index (χ3v) is 5.86. The van der Waals surface area contributed by atoms with Crippen molar-refractivity contribution < 1.29 is 18.0 Å². The zero-order chi connectivity index (χ0) is 22.0. The molecule has 1 aliphatic rings. The quantitative estimate of drug-likeness (QED) is 0.612. The molecule has 0 aliphatic heterocycles. The van der Waals surface area contributed by atoms with E-state index in [-0.39, 0.29) is 11.3 Å². The van der Waals surface area contributed by atoms with Crippen LogP contribution in [0.25, 0.3) is 16.6 Å². The fraction of sp³-hybridized carbons (Fsp3) is 0.333. The normalized spacial score (nSPS) is 15.2. The molecule has 1 fully saturated rings. The molecule has 4 nitrogen and oxygen atoms in total. The molecule has 1 aliphatic carbocycles. The first-order valence-corrected chi connectivity index (χ1v) is 10.5. The van der Waals surface area contributed by atoms with Gasteiger partial charge in [-0.25, -0.2) is 0 Å². The molecule has 2 aromatic carbocycles. The fourth-order valence-corrected chi connectivity index (χ4v) is 4.22. The summed E-state index contributed by atoms with van der Waals surface area (Å²) in [5, 5.41) is 3.46. The van der Waals surface area contributed by atoms with Crippen molar-refractivity contribution in [3.05, 3.63) is 76.1 Å². The van der Waals surface area contributed by atoms with Crippen LogP contribution in [0.5, 0.6) is 0 Å². The van der Waals surface area contributed by atoms with Gasteiger partial charge in [-0.15, -0.1) is 0 Å². The number of amides is 1. The van der Waals surface area contributed by atoms with Crippen molar-refractivity contribution in [1.29, 1.82) is 0 Å². The van der Waals surface area contributed by atoms with E-state index in [2.05, 4.69) is 5.32 Å². The first kappa shape index (κ1) is 21.2. The van der Waals surface area contributed by atoms with Gasteiger partial charge in [0.15, 0.2) is 0 Å². The van der Waals surface area contributed by atoms with Crippen LogP contribution in [0, 0.1) is 5.92 Å². The number of benzene rings is 2. The van der Waals surface area contributed by atoms with E-state index in [1.165, 1.54) is 29.2 Å². The minimum Gasteiger partial charge on any atom is -0.352 e. The molecule has 4 rings (SSSR count). The minimum absolute atomic E-state index is 0.0676. The number of hydrogen-bond donors (Lipinski definition) is 1. The zero-order valence-electron chi connectivity index (χ0n) is 16.9. The number of aromatic nitrogens is 1. The Kier molecular flexibility index (Phi) is 5.85. The van der Waals surface area contributed by atoms with Gasteiger partial charge in [-0.2, -0.15) is 13.2 Å². The second-order valence-electron chi connectivity index (χ2n) is 8.02. The van der Waals surface area contributed by atoms with E-state index in [0.717, 1.165) is 37.8 Å². The number of pyridine rings is 1. The van der Waals surface area contributed by atoms with Crippen LogP contribution >= 0.6 is 0 Å². The third kappa shape index (κ3) is 4.50. The molecule has 1 aromatic heterocycles. The van der Waals surface area contributed by atoms with Crippen molar-refractivity contribution in [2.75, 3.05) is 6.54 Å². The highest BCUT2D eigenvalue weighted by atomic mass is 19.4. The van der Waals surface area contributed by atoms with Gasteiger partial charge < -0.3 is 5.32 Å². The van der Waals surface area contributed by atoms with Crippen LogP contribution in [0.2, 0.25) is 0 Å². The summed E-state index contributed by atoms with van der Waals surface area (Å²) in [5.74, 6) is -0.106. The smallest absolute Gasteiger partial charge is 0.352 e. The highest BCUT2D eigenvalue weighted by Crippen LogP contribution is 2.31. The van der Waals surface area contributed by atoms with Crippen molar-refractivity contribution in [1.82, 2.24) is 9.88 Å². The van der Waals surface area contributed by atoms with Gasteiger partial charge in [0.1, 0.15) is 5.56 Å². The van der Waals surface area contributed by atoms with Crippen LogP contribution in [-0.2, 0) is 6.18 Å². The van der Waals surface area contributed by atoms with E-state index in [9.17, 15) is 22.8 Å². The van der Waals surface area contributed by atoms with E-state index >= 15 is 0 Å². The summed E-state index contributed by atoms with van der Waals surface area (Å²) in [6.07, 6.45) is 1.04. The molecule has 31 heavy (non-hydrogen) atoms. The van der Waals surface area contributed by atoms with E-state index in [1.807, 2.05) is 0 Å². The Morgan fingerprint density at radius 3 is 2.48 bits per heavy atom. The molecule has 0 atom stereocenters. The Balaban J connectivity index is 1.76. The standard InChI is InChI=1S/C24H23F3N2O2/c25-24(26,27)18-10-6-11-19(14-18)29-21-12-5-4-9-17(21)13-20(23(29)31)22(30)28-15-16-7-2-1-3-8-16/h4-6,9-14,16H,1-3,7-8,15H2,(H,28,30). The van der Waals surface area contributed by atoms with Crippen LogP contribution in [0.1, 0.15) is 48.0 Å². The van der Waals surface area contributed by atoms with Crippen LogP contribution in [0.3, 0.4) is 0 Å². The molecule has 1 saturated carbocycles. The highest BCUT2D eigenvalue weighted by molar-refractivity contribution is 5.97. The van der Waals surface area contributed by atoms with Crippen LogP contribution in [-0.4, -0.2) is 17.0 Å². The van der Waals surface area contributed by atoms with Crippen LogP contribution in [0.4, 0.5) is 13.2 Å². The topological polar surface area (TPSA) is 51.1 Å². The first-order chi connectivity index (χ1) is 14.8. The number of para-hydroxylation sites is 1. The molecule has 0 unspecified atom stereocenters. The molecule has 162 valence electrons. The maximum absolute atomic E-state index is 13.3. The molecule has 1 N–H and O–H groups in total. The van der Waals surface area contributed by atoms with Gasteiger partial charge in [0.2, 0.25) is 0 Å². The first-order valence-electron chi connectivity index (χ1n) is 10.5. The molecule has 0 spiro atoms. The Morgan fingerprint density at radius 1 is 1.00 bits per heavy atom. The predicted octanol–water partition coefficient (Wildman–Crippen LogP) is 5.32. The number of nitrogens with zero attached hydrogens (tertiary/aromatic N) is 1. The van der Waals surface area contributed by atoms with Gasteiger partial charge >= 0.3 is 6.18 Å². The number of rotatable bonds is 4. The maximum Gasteiger partial charge on any atom is 0.416 e. The van der Waals surface area contributed by atoms with Crippen LogP contribution in [0.15, 0.2) is 59.4 Å². The van der Waals surface area contributed by atoms with Crippen molar-refractivity contribution in [3.8, 4) is 5.69 Å². The summed E-state index contributed by atoms with van der Waals surface area (Å²) in [6, 6.07) is 12.9. The van der Waals surface area contributed by atoms with Gasteiger partial charge in [-0.05, 0) is 54.5 Å². The van der Waals surface area contributed by atoms with Crippen molar-refractivity contribution in [2.45, 2.75) is 38.3 Å². The Morgan fingerprint density at radius 2 is 1.74 bits per heavy atom. The second kappa shape index (κ2) is 8.57. The summed E-state index contributed by atoms with van der Waals surface area (Å²) < 4.78 is 40.9. The van der Waals surface area contributed by atoms with E-state index in [1.54, 1.807) is 24.3 Å². The largest absolute Gasteiger partial charge is 0.416 e. The average molecular weight is 428 g/mol. The van der Waals surface area contributed by atoms with Gasteiger partial charge in [0.25, 0.3) is 11.5 Å². The van der Waals surface area contributed by atoms with Crippen molar-refractivity contribution in [2.24, 2.45) is 5.92 Å². The number of nitrogens with one attached hydrogen (secondary N) is 1. The molecule has 3 aromatic rings. The number of carbonyl (C=O) groups is 1. The SMILES string of the molecule is O=C(NCC1CCCCC1)c1cc2ccccc2n(-c2cccc(C(F)(F)F)c2)c1=O. The lowest BCUT2D eigenvalue weighted by Gasteiger charge is -2.21. The molecule has 1 heterocycles. The summed E-state index contributed by atoms with van der Waals surface area (Å²) >= 11 is 0. The molecule has 0 radical (unpaired) electrons. The monoisotopic (exact) mass is 428 g/mol. The minimum atomic E-state index is -4.54. The van der Waals surface area contributed by atoms with Crippen LogP contribution < -0.4 is 10.9 Å². The number of alkyl halides is 3. The number of fused-ring (bicyclic) bond motifs is 1. The van der Waals surface area contributed by atoms with Gasteiger partial charge in [-0.1, -0.05) is 43.5 Å². The Bertz CT molecular complexity index is 1160. The number of carbonyl (C=O) groups excluding carboxylic acids is 1. The predicted molar refractivity (Wildman–Crippen MR) is 113 cm³/mol. The lowest BCUT2D eigenvalue weighted by atomic mass is 9.89. The number of hydrogen-bond acceptors (Lipinski definition) is 2. The number of halogens is 3. The summed E-state index contributed by atoms with van der Waals surface area (Å²) in [7, 11) is 0. The third-order valence-electron chi connectivity index (χ3n) is 5.86. The van der Waals surface area contributed by atoms with Crippen molar-refractivity contribution >= 4 is 16.8 Å². The van der Waals surface area contributed by atoms with Gasteiger partial charge in [-0.3, -0.25) is 14.2 Å². The zero-order valence-corrected chi connectivity index (χ0v) is 16.9. The molecular weight excluding hydrogens is 405 g/mol. The lowest BCUT2D eigenvalue weighted by molar-refractivity contribution is -0.137. The summed E-state index contributed by atoms with van der Waals surface area (Å²) in [5.41, 5.74) is -1.06. The molecular formula is C24H23F3N2O2. The molecule has 0 saturated heterocycles. The second-order valence-corrected chi connectivity index (χ2v) is 8.02. The summed E-state index contributed by atoms with van der Waals surface area (Å²) in [4.78, 5) is 26.1. The maximum atomic E-state index is 13.3. The van der Waals surface area contributed by atoms with E-state index in [4.69, 9.17) is 0 Å². The van der Waals surface area contributed by atoms with Crippen molar-refractivity contribution in [3.63, 3.8) is 0 Å². The highest BCUT2D eigenvalue weighted by Gasteiger charge is 2.31. The molecule has 0 bridgehead atoms. The van der Waals surface area contributed by atoms with E-state index < -0.39 is 23.2 Å². The van der Waals surface area contributed by atoms with Gasteiger partial charge in [0.05, 0.1) is 11.1 Å². The fourth-order valence-electron chi connectivity index (χ4n) is 4.22. The summed E-state index contributed by atoms with van der Waals surface area (Å²) in [6.45, 7) is 0.495. The van der Waals surface area contributed by atoms with Gasteiger partial charge in [0, 0.05) is 12.2 Å². The Hall–Kier alpha value is -3.09. The molecule has 1 amide bonds. The average Bonchev–Trinajstić information content (AvgIpc) is 2.77. The van der Waals surface area contributed by atoms with E-state index in [0.29, 0.717) is 23.4 Å². The lowest BCUT2D eigenvalue weighted by Crippen LogP contribution is -2.35. The molecule has 7 heteroatoms. The Labute approximate surface area is 177 Å².